The number of hydrogen-bond donors (Lipinski definition) is 6. The van der Waals surface area contributed by atoms with Gasteiger partial charge in [0.1, 0.15) is 29.2 Å². The van der Waals surface area contributed by atoms with Gasteiger partial charge < -0.3 is 40.5 Å². The SMILES string of the molecule is CCN(C)CCNCc1ccc(N(C(=N)C(O)NC(C)C)C(N)c2cc(C(C)C)c(OC)cc2O)c(OC)c1. The summed E-state index contributed by atoms with van der Waals surface area (Å²) < 4.78 is 11.2. The lowest BCUT2D eigenvalue weighted by molar-refractivity contribution is 0.187. The molecule has 0 aliphatic rings. The summed E-state index contributed by atoms with van der Waals surface area (Å²) in [6, 6.07) is 8.92. The molecule has 218 valence electrons. The summed E-state index contributed by atoms with van der Waals surface area (Å²) in [6.07, 6.45) is -2.31. The summed E-state index contributed by atoms with van der Waals surface area (Å²) in [6.45, 7) is 13.4. The van der Waals surface area contributed by atoms with E-state index in [-0.39, 0.29) is 23.5 Å². The molecule has 2 aromatic carbocycles. The van der Waals surface area contributed by atoms with Crippen molar-refractivity contribution in [2.75, 3.05) is 45.8 Å². The third-order valence-corrected chi connectivity index (χ3v) is 6.65. The van der Waals surface area contributed by atoms with Crippen molar-refractivity contribution in [3.05, 3.63) is 47.0 Å². The van der Waals surface area contributed by atoms with Crippen LogP contribution in [0.5, 0.6) is 17.2 Å². The van der Waals surface area contributed by atoms with Gasteiger partial charge in [-0.3, -0.25) is 10.7 Å². The first-order chi connectivity index (χ1) is 18.4. The van der Waals surface area contributed by atoms with Gasteiger partial charge in [-0.05, 0) is 62.7 Å². The van der Waals surface area contributed by atoms with Crippen LogP contribution in [0.15, 0.2) is 30.3 Å². The summed E-state index contributed by atoms with van der Waals surface area (Å²) in [4.78, 5) is 3.72. The van der Waals surface area contributed by atoms with E-state index in [0.29, 0.717) is 29.3 Å². The van der Waals surface area contributed by atoms with E-state index in [9.17, 15) is 10.2 Å². The van der Waals surface area contributed by atoms with E-state index in [0.717, 1.165) is 30.8 Å². The van der Waals surface area contributed by atoms with Crippen LogP contribution >= 0.6 is 0 Å². The summed E-state index contributed by atoms with van der Waals surface area (Å²) in [5.41, 5.74) is 9.54. The van der Waals surface area contributed by atoms with Gasteiger partial charge in [0.15, 0.2) is 6.23 Å². The Labute approximate surface area is 233 Å². The molecule has 0 fully saturated rings. The van der Waals surface area contributed by atoms with Crippen LogP contribution in [0.2, 0.25) is 0 Å². The third-order valence-electron chi connectivity index (χ3n) is 6.65. The summed E-state index contributed by atoms with van der Waals surface area (Å²) in [5.74, 6) is 0.912. The molecule has 0 saturated carbocycles. The van der Waals surface area contributed by atoms with E-state index in [2.05, 4.69) is 29.5 Å². The molecular weight excluding hydrogens is 496 g/mol. The summed E-state index contributed by atoms with van der Waals surface area (Å²) >= 11 is 0. The fourth-order valence-corrected chi connectivity index (χ4v) is 4.26. The third kappa shape index (κ3) is 8.55. The van der Waals surface area contributed by atoms with Crippen molar-refractivity contribution in [2.24, 2.45) is 5.73 Å². The van der Waals surface area contributed by atoms with Crippen molar-refractivity contribution >= 4 is 11.5 Å². The highest BCUT2D eigenvalue weighted by Gasteiger charge is 2.31. The monoisotopic (exact) mass is 544 g/mol. The molecule has 10 heteroatoms. The van der Waals surface area contributed by atoms with Gasteiger partial charge in [-0.2, -0.15) is 0 Å². The number of ether oxygens (including phenoxy) is 2. The van der Waals surface area contributed by atoms with E-state index in [1.54, 1.807) is 20.3 Å². The normalized spacial score (nSPS) is 13.2. The Morgan fingerprint density at radius 1 is 1.05 bits per heavy atom. The lowest BCUT2D eigenvalue weighted by Crippen LogP contribution is -2.51. The Bertz CT molecular complexity index is 1080. The number of amidine groups is 1. The van der Waals surface area contributed by atoms with Crippen LogP contribution in [0, 0.1) is 5.41 Å². The highest BCUT2D eigenvalue weighted by atomic mass is 16.5. The van der Waals surface area contributed by atoms with Gasteiger partial charge >= 0.3 is 0 Å². The minimum absolute atomic E-state index is 0.0651. The molecular formula is C29H48N6O4. The van der Waals surface area contributed by atoms with Gasteiger partial charge in [-0.1, -0.05) is 26.8 Å². The van der Waals surface area contributed by atoms with Gasteiger partial charge in [0, 0.05) is 37.3 Å². The zero-order valence-electron chi connectivity index (χ0n) is 24.7. The van der Waals surface area contributed by atoms with Gasteiger partial charge in [0.2, 0.25) is 0 Å². The number of nitrogens with zero attached hydrogens (tertiary/aromatic N) is 2. The standard InChI is InChI=1S/C29H48N6O4/c1-9-34(6)13-12-32-17-20-10-11-23(26(14-20)39-8)35(28(31)29(37)33-19(4)5)27(30)22-15-21(18(2)3)25(38-7)16-24(22)36/h10-11,14-16,18-19,27,29,31-33,36-37H,9,12-13,17,30H2,1-8H3. The van der Waals surface area contributed by atoms with Crippen LogP contribution < -0.4 is 30.7 Å². The molecule has 0 amide bonds. The van der Waals surface area contributed by atoms with E-state index in [1.807, 2.05) is 45.9 Å². The fraction of sp³-hybridized carbons (Fsp3) is 0.552. The Hall–Kier alpha value is -2.89. The quantitative estimate of drug-likeness (QED) is 0.0862. The molecule has 2 aromatic rings. The number of aliphatic hydroxyl groups excluding tert-OH is 1. The fourth-order valence-electron chi connectivity index (χ4n) is 4.26. The molecule has 39 heavy (non-hydrogen) atoms. The molecule has 0 spiro atoms. The molecule has 2 atom stereocenters. The van der Waals surface area contributed by atoms with Gasteiger partial charge in [-0.25, -0.2) is 0 Å². The molecule has 2 unspecified atom stereocenters. The van der Waals surface area contributed by atoms with Gasteiger partial charge in [0.05, 0.1) is 19.9 Å². The smallest absolute Gasteiger partial charge is 0.163 e. The highest BCUT2D eigenvalue weighted by Crippen LogP contribution is 2.40. The second-order valence-corrected chi connectivity index (χ2v) is 10.3. The maximum absolute atomic E-state index is 10.9. The second-order valence-electron chi connectivity index (χ2n) is 10.3. The average Bonchev–Trinajstić information content (AvgIpc) is 2.90. The molecule has 0 heterocycles. The number of aromatic hydroxyl groups is 1. The predicted molar refractivity (Wildman–Crippen MR) is 158 cm³/mol. The van der Waals surface area contributed by atoms with Crippen LogP contribution in [-0.2, 0) is 6.54 Å². The number of nitrogens with two attached hydrogens (primary N) is 1. The second kappa shape index (κ2) is 15.0. The van der Waals surface area contributed by atoms with Crippen LogP contribution in [0.3, 0.4) is 0 Å². The number of nitrogens with one attached hydrogen (secondary N) is 3. The Morgan fingerprint density at radius 3 is 2.28 bits per heavy atom. The van der Waals surface area contributed by atoms with E-state index in [1.165, 1.54) is 11.0 Å². The lowest BCUT2D eigenvalue weighted by Gasteiger charge is -2.35. The summed E-state index contributed by atoms with van der Waals surface area (Å²) in [5, 5.41) is 37.1. The maximum Gasteiger partial charge on any atom is 0.163 e. The Kier molecular flexibility index (Phi) is 12.5. The number of likely N-dealkylation sites (N-methyl/N-ethyl adjacent to an activating group) is 1. The molecule has 0 saturated heterocycles. The van der Waals surface area contributed by atoms with Crippen molar-refractivity contribution < 1.29 is 19.7 Å². The molecule has 0 radical (unpaired) electrons. The number of hydrogen-bond acceptors (Lipinski definition) is 9. The Morgan fingerprint density at radius 2 is 1.72 bits per heavy atom. The van der Waals surface area contributed by atoms with Crippen LogP contribution in [0.4, 0.5) is 5.69 Å². The van der Waals surface area contributed by atoms with Crippen molar-refractivity contribution in [1.29, 1.82) is 5.41 Å². The molecule has 10 nitrogen and oxygen atoms in total. The van der Waals surface area contributed by atoms with Crippen LogP contribution in [0.25, 0.3) is 0 Å². The minimum Gasteiger partial charge on any atom is -0.507 e. The number of aliphatic hydroxyl groups is 1. The number of phenolic OH excluding ortho intramolecular Hbond substituents is 1. The van der Waals surface area contributed by atoms with Gasteiger partial charge in [0.25, 0.3) is 0 Å². The molecule has 0 aromatic heterocycles. The summed E-state index contributed by atoms with van der Waals surface area (Å²) in [7, 11) is 5.20. The lowest BCUT2D eigenvalue weighted by atomic mass is 9.97. The van der Waals surface area contributed by atoms with Crippen molar-refractivity contribution in [1.82, 2.24) is 15.5 Å². The largest absolute Gasteiger partial charge is 0.507 e. The van der Waals surface area contributed by atoms with E-state index >= 15 is 0 Å². The van der Waals surface area contributed by atoms with Gasteiger partial charge in [-0.15, -0.1) is 0 Å². The van der Waals surface area contributed by atoms with Crippen LogP contribution in [-0.4, -0.2) is 74.1 Å². The molecule has 0 bridgehead atoms. The number of methoxy groups -OCH3 is 2. The van der Waals surface area contributed by atoms with Crippen molar-refractivity contribution in [2.45, 2.75) is 65.5 Å². The molecule has 7 N–H and O–H groups in total. The van der Waals surface area contributed by atoms with Crippen molar-refractivity contribution in [3.8, 4) is 17.2 Å². The first kappa shape index (κ1) is 32.3. The number of benzene rings is 2. The number of phenols is 1. The van der Waals surface area contributed by atoms with E-state index in [4.69, 9.17) is 20.6 Å². The van der Waals surface area contributed by atoms with Crippen molar-refractivity contribution in [3.63, 3.8) is 0 Å². The zero-order chi connectivity index (χ0) is 29.3. The molecule has 2 rings (SSSR count). The topological polar surface area (TPSA) is 139 Å². The number of anilines is 1. The maximum atomic E-state index is 10.9. The van der Waals surface area contributed by atoms with E-state index < -0.39 is 12.4 Å². The molecule has 0 aliphatic carbocycles. The predicted octanol–water partition coefficient (Wildman–Crippen LogP) is 3.33. The highest BCUT2D eigenvalue weighted by molar-refractivity contribution is 6.00. The number of rotatable bonds is 15. The molecule has 0 aliphatic heterocycles. The average molecular weight is 545 g/mol. The Balaban J connectivity index is 2.52. The first-order valence-electron chi connectivity index (χ1n) is 13.5. The van der Waals surface area contributed by atoms with Crippen LogP contribution in [0.1, 0.15) is 63.4 Å². The zero-order valence-corrected chi connectivity index (χ0v) is 24.7. The minimum atomic E-state index is -1.30. The first-order valence-corrected chi connectivity index (χ1v) is 13.5.